The Morgan fingerprint density at radius 3 is 2.84 bits per heavy atom. The Morgan fingerprint density at radius 1 is 1.25 bits per heavy atom. The van der Waals surface area contributed by atoms with Crippen LogP contribution in [0.25, 0.3) is 11.5 Å². The minimum Gasteiger partial charge on any atom is -0.497 e. The third-order valence-electron chi connectivity index (χ3n) is 5.54. The third kappa shape index (κ3) is 4.68. The molecule has 9 heteroatoms. The van der Waals surface area contributed by atoms with Gasteiger partial charge >= 0.3 is 0 Å². The van der Waals surface area contributed by atoms with Gasteiger partial charge in [0.05, 0.1) is 36.7 Å². The highest BCUT2D eigenvalue weighted by Crippen LogP contribution is 2.34. The Labute approximate surface area is 191 Å². The van der Waals surface area contributed by atoms with Crippen molar-refractivity contribution in [2.75, 3.05) is 27.3 Å². The van der Waals surface area contributed by atoms with E-state index < -0.39 is 0 Å². The van der Waals surface area contributed by atoms with E-state index in [1.165, 1.54) is 11.8 Å². The maximum Gasteiger partial charge on any atom is 0.256 e. The fraction of sp³-hybridized carbons (Fsp3) is 0.435. The Hall–Kier alpha value is -2.78. The fourth-order valence-corrected chi connectivity index (χ4v) is 4.70. The van der Waals surface area contributed by atoms with Crippen LogP contribution < -0.4 is 15.0 Å². The van der Waals surface area contributed by atoms with Gasteiger partial charge in [0.25, 0.3) is 5.56 Å². The van der Waals surface area contributed by atoms with Crippen LogP contribution in [-0.4, -0.2) is 47.2 Å². The second kappa shape index (κ2) is 9.79. The van der Waals surface area contributed by atoms with Gasteiger partial charge in [-0.2, -0.15) is 0 Å². The average Bonchev–Trinajstić information content (AvgIpc) is 3.18. The van der Waals surface area contributed by atoms with Crippen LogP contribution >= 0.6 is 11.8 Å². The van der Waals surface area contributed by atoms with Crippen LogP contribution in [0.4, 0.5) is 0 Å². The number of oxazole rings is 1. The van der Waals surface area contributed by atoms with Crippen molar-refractivity contribution in [3.8, 4) is 23.0 Å². The lowest BCUT2D eigenvalue weighted by molar-refractivity contribution is 0.250. The van der Waals surface area contributed by atoms with E-state index in [4.69, 9.17) is 18.9 Å². The fourth-order valence-electron chi connectivity index (χ4n) is 3.82. The lowest BCUT2D eigenvalue weighted by Crippen LogP contribution is -2.36. The normalized spacial score (nSPS) is 13.8. The van der Waals surface area contributed by atoms with E-state index in [0.717, 1.165) is 54.2 Å². The second-order valence-electron chi connectivity index (χ2n) is 7.70. The van der Waals surface area contributed by atoms with Crippen molar-refractivity contribution in [3.05, 3.63) is 51.3 Å². The Bertz CT molecular complexity index is 1160. The first-order valence-electron chi connectivity index (χ1n) is 10.7. The molecule has 170 valence electrons. The molecule has 1 N–H and O–H groups in total. The summed E-state index contributed by atoms with van der Waals surface area (Å²) in [6.45, 7) is 6.65. The zero-order valence-electron chi connectivity index (χ0n) is 18.9. The number of nitrogens with zero attached hydrogens (tertiary/aromatic N) is 3. The van der Waals surface area contributed by atoms with Gasteiger partial charge in [-0.15, -0.1) is 0 Å². The van der Waals surface area contributed by atoms with Crippen LogP contribution in [0.5, 0.6) is 11.5 Å². The number of aromatic amines is 1. The predicted octanol–water partition coefficient (Wildman–Crippen LogP) is 3.81. The number of hydrogen-bond donors (Lipinski definition) is 1. The van der Waals surface area contributed by atoms with E-state index >= 15 is 0 Å². The third-order valence-corrected chi connectivity index (χ3v) is 6.43. The van der Waals surface area contributed by atoms with Gasteiger partial charge in [-0.25, -0.2) is 9.97 Å². The number of aryl methyl sites for hydroxylation is 1. The van der Waals surface area contributed by atoms with Crippen molar-refractivity contribution in [2.24, 2.45) is 0 Å². The van der Waals surface area contributed by atoms with Gasteiger partial charge in [-0.05, 0) is 32.0 Å². The molecule has 1 aliphatic heterocycles. The van der Waals surface area contributed by atoms with Gasteiger partial charge in [0.1, 0.15) is 17.3 Å². The van der Waals surface area contributed by atoms with Gasteiger partial charge in [0, 0.05) is 31.3 Å². The van der Waals surface area contributed by atoms with Crippen LogP contribution in [-0.2, 0) is 18.7 Å². The van der Waals surface area contributed by atoms with E-state index in [2.05, 4.69) is 21.8 Å². The summed E-state index contributed by atoms with van der Waals surface area (Å²) in [5.41, 5.74) is 3.21. The first-order chi connectivity index (χ1) is 15.5. The summed E-state index contributed by atoms with van der Waals surface area (Å²) in [6.07, 6.45) is 1.88. The molecule has 1 aliphatic rings. The van der Waals surface area contributed by atoms with E-state index in [9.17, 15) is 4.79 Å². The average molecular weight is 457 g/mol. The summed E-state index contributed by atoms with van der Waals surface area (Å²) < 4.78 is 16.6. The van der Waals surface area contributed by atoms with Crippen LogP contribution in [0.1, 0.15) is 36.1 Å². The smallest absolute Gasteiger partial charge is 0.256 e. The van der Waals surface area contributed by atoms with Crippen molar-refractivity contribution in [2.45, 2.75) is 44.1 Å². The summed E-state index contributed by atoms with van der Waals surface area (Å²) in [7, 11) is 3.21. The molecule has 0 saturated carbocycles. The molecule has 0 atom stereocenters. The highest BCUT2D eigenvalue weighted by molar-refractivity contribution is 7.98. The number of ether oxygens (including phenoxy) is 2. The number of hydrogen-bond acceptors (Lipinski definition) is 8. The maximum atomic E-state index is 12.6. The number of nitrogens with one attached hydrogen (secondary N) is 1. The van der Waals surface area contributed by atoms with Crippen molar-refractivity contribution in [1.82, 2.24) is 19.9 Å². The molecule has 0 fully saturated rings. The molecule has 3 heterocycles. The SMILES string of the molecule is CCCN1CCc2nc(SCc3nc(-c4ccc(OC)cc4OC)oc3C)[nH]c(=O)c2C1. The number of thioether (sulfide) groups is 1. The Morgan fingerprint density at radius 2 is 2.09 bits per heavy atom. The summed E-state index contributed by atoms with van der Waals surface area (Å²) in [5, 5.41) is 0.615. The molecule has 0 saturated heterocycles. The molecule has 0 aliphatic carbocycles. The van der Waals surface area contributed by atoms with Crippen molar-refractivity contribution >= 4 is 11.8 Å². The number of benzene rings is 1. The lowest BCUT2D eigenvalue weighted by Gasteiger charge is -2.27. The van der Waals surface area contributed by atoms with E-state index in [0.29, 0.717) is 34.8 Å². The van der Waals surface area contributed by atoms with Gasteiger partial charge in [0.2, 0.25) is 5.89 Å². The molecule has 1 aromatic carbocycles. The molecular weight excluding hydrogens is 428 g/mol. The van der Waals surface area contributed by atoms with Crippen LogP contribution in [0.15, 0.2) is 32.6 Å². The van der Waals surface area contributed by atoms with Gasteiger partial charge in [-0.1, -0.05) is 18.7 Å². The molecule has 0 radical (unpaired) electrons. The minimum atomic E-state index is -0.0427. The summed E-state index contributed by atoms with van der Waals surface area (Å²) >= 11 is 1.46. The largest absolute Gasteiger partial charge is 0.497 e. The van der Waals surface area contributed by atoms with Gasteiger partial charge < -0.3 is 18.9 Å². The molecule has 4 rings (SSSR count). The van der Waals surface area contributed by atoms with Crippen LogP contribution in [0.3, 0.4) is 0 Å². The molecule has 32 heavy (non-hydrogen) atoms. The molecule has 3 aromatic rings. The lowest BCUT2D eigenvalue weighted by atomic mass is 10.1. The Balaban J connectivity index is 1.51. The number of fused-ring (bicyclic) bond motifs is 1. The molecule has 0 spiro atoms. The summed E-state index contributed by atoms with van der Waals surface area (Å²) in [5.74, 6) is 3.08. The Kier molecular flexibility index (Phi) is 6.86. The number of H-pyrrole nitrogens is 1. The predicted molar refractivity (Wildman–Crippen MR) is 123 cm³/mol. The summed E-state index contributed by atoms with van der Waals surface area (Å²) in [6, 6.07) is 5.51. The second-order valence-corrected chi connectivity index (χ2v) is 8.66. The molecule has 2 aromatic heterocycles. The van der Waals surface area contributed by atoms with E-state index in [-0.39, 0.29) is 5.56 Å². The molecule has 0 unspecified atom stereocenters. The summed E-state index contributed by atoms with van der Waals surface area (Å²) in [4.78, 5) is 27.2. The van der Waals surface area contributed by atoms with Crippen molar-refractivity contribution < 1.29 is 13.9 Å². The topological polar surface area (TPSA) is 93.5 Å². The standard InChI is InChI=1S/C23H28N4O4S/c1-5-9-27-10-8-18-17(12-27)21(28)26-23(25-18)32-13-19-14(2)31-22(24-19)16-7-6-15(29-3)11-20(16)30-4/h6-7,11H,5,8-10,12-13H2,1-4H3,(H,25,26,28). The quantitative estimate of drug-likeness (QED) is 0.404. The maximum absolute atomic E-state index is 12.6. The van der Waals surface area contributed by atoms with Gasteiger partial charge in [-0.3, -0.25) is 9.69 Å². The molecule has 0 bridgehead atoms. The van der Waals surface area contributed by atoms with Crippen LogP contribution in [0, 0.1) is 6.92 Å². The van der Waals surface area contributed by atoms with Gasteiger partial charge in [0.15, 0.2) is 5.16 Å². The number of methoxy groups -OCH3 is 2. The van der Waals surface area contributed by atoms with E-state index in [1.807, 2.05) is 19.1 Å². The minimum absolute atomic E-state index is 0.0427. The monoisotopic (exact) mass is 456 g/mol. The molecule has 0 amide bonds. The zero-order valence-corrected chi connectivity index (χ0v) is 19.7. The number of aromatic nitrogens is 3. The first kappa shape index (κ1) is 22.4. The number of rotatable bonds is 8. The van der Waals surface area contributed by atoms with Crippen molar-refractivity contribution in [3.63, 3.8) is 0 Å². The zero-order chi connectivity index (χ0) is 22.7. The van der Waals surface area contributed by atoms with Crippen LogP contribution in [0.2, 0.25) is 0 Å². The highest BCUT2D eigenvalue weighted by atomic mass is 32.2. The van der Waals surface area contributed by atoms with E-state index in [1.54, 1.807) is 20.3 Å². The molecular formula is C23H28N4O4S. The molecule has 8 nitrogen and oxygen atoms in total. The van der Waals surface area contributed by atoms with Crippen molar-refractivity contribution in [1.29, 1.82) is 0 Å². The highest BCUT2D eigenvalue weighted by Gasteiger charge is 2.21. The first-order valence-corrected chi connectivity index (χ1v) is 11.7.